The fourth-order valence-corrected chi connectivity index (χ4v) is 1.88. The van der Waals surface area contributed by atoms with Crippen molar-refractivity contribution in [2.45, 2.75) is 45.9 Å². The summed E-state index contributed by atoms with van der Waals surface area (Å²) >= 11 is 0. The van der Waals surface area contributed by atoms with E-state index in [-0.39, 0.29) is 24.2 Å². The molecule has 0 radical (unpaired) electrons. The van der Waals surface area contributed by atoms with Crippen LogP contribution in [-0.4, -0.2) is 40.7 Å². The van der Waals surface area contributed by atoms with E-state index in [1.807, 2.05) is 13.8 Å². The van der Waals surface area contributed by atoms with Crippen LogP contribution in [0.4, 0.5) is 8.78 Å². The average molecular weight is 301 g/mol. The second kappa shape index (κ2) is 7.36. The number of halogens is 2. The third-order valence-electron chi connectivity index (χ3n) is 2.92. The van der Waals surface area contributed by atoms with Crippen molar-refractivity contribution in [2.24, 2.45) is 0 Å². The highest BCUT2D eigenvalue weighted by atomic mass is 19.2. The molecule has 1 aromatic rings. The van der Waals surface area contributed by atoms with Crippen LogP contribution < -0.4 is 4.74 Å². The molecule has 0 saturated carbocycles. The van der Waals surface area contributed by atoms with Gasteiger partial charge >= 0.3 is 0 Å². The maximum atomic E-state index is 13.1. The number of ether oxygens (including phenoxy) is 1. The zero-order chi connectivity index (χ0) is 16.2. The predicted molar refractivity (Wildman–Crippen MR) is 75.0 cm³/mol. The molecular formula is C15H21F2NO3. The molecule has 1 amide bonds. The standard InChI is InChI=1S/C15H21F2NO3/c1-9(2)18(8-10(3)19)15(20)11(4)21-12-5-6-13(16)14(17)7-12/h5-7,9-11,19H,8H2,1-4H3. The van der Waals surface area contributed by atoms with Gasteiger partial charge in [-0.3, -0.25) is 4.79 Å². The molecule has 0 aliphatic rings. The summed E-state index contributed by atoms with van der Waals surface area (Å²) < 4.78 is 31.3. The van der Waals surface area contributed by atoms with E-state index in [1.54, 1.807) is 6.92 Å². The molecule has 21 heavy (non-hydrogen) atoms. The van der Waals surface area contributed by atoms with Crippen LogP contribution in [0, 0.1) is 11.6 Å². The van der Waals surface area contributed by atoms with Gasteiger partial charge in [0.05, 0.1) is 6.10 Å². The highest BCUT2D eigenvalue weighted by molar-refractivity contribution is 5.81. The first-order chi connectivity index (χ1) is 9.72. The Kier molecular flexibility index (Phi) is 6.08. The van der Waals surface area contributed by atoms with Gasteiger partial charge < -0.3 is 14.7 Å². The van der Waals surface area contributed by atoms with E-state index in [0.29, 0.717) is 0 Å². The Hall–Kier alpha value is -1.69. The van der Waals surface area contributed by atoms with E-state index < -0.39 is 23.8 Å². The number of rotatable bonds is 6. The van der Waals surface area contributed by atoms with Gasteiger partial charge in [-0.15, -0.1) is 0 Å². The summed E-state index contributed by atoms with van der Waals surface area (Å²) in [4.78, 5) is 13.8. The third-order valence-corrected chi connectivity index (χ3v) is 2.92. The van der Waals surface area contributed by atoms with E-state index in [1.165, 1.54) is 17.9 Å². The summed E-state index contributed by atoms with van der Waals surface area (Å²) in [5.41, 5.74) is 0. The average Bonchev–Trinajstić information content (AvgIpc) is 2.39. The molecule has 2 atom stereocenters. The highest BCUT2D eigenvalue weighted by Crippen LogP contribution is 2.18. The molecule has 0 aromatic heterocycles. The number of carbonyl (C=O) groups excluding carboxylic acids is 1. The van der Waals surface area contributed by atoms with E-state index in [9.17, 15) is 18.7 Å². The fourth-order valence-electron chi connectivity index (χ4n) is 1.88. The van der Waals surface area contributed by atoms with Gasteiger partial charge in [0.15, 0.2) is 17.7 Å². The molecule has 6 heteroatoms. The molecule has 1 rings (SSSR count). The zero-order valence-electron chi connectivity index (χ0n) is 12.6. The van der Waals surface area contributed by atoms with Crippen molar-refractivity contribution in [2.75, 3.05) is 6.54 Å². The Labute approximate surface area is 123 Å². The van der Waals surface area contributed by atoms with Crippen molar-refractivity contribution in [1.82, 2.24) is 4.90 Å². The minimum atomic E-state index is -1.03. The van der Waals surface area contributed by atoms with Crippen molar-refractivity contribution in [3.63, 3.8) is 0 Å². The molecule has 0 bridgehead atoms. The maximum absolute atomic E-state index is 13.1. The minimum Gasteiger partial charge on any atom is -0.481 e. The van der Waals surface area contributed by atoms with Crippen LogP contribution in [0.15, 0.2) is 18.2 Å². The van der Waals surface area contributed by atoms with Gasteiger partial charge in [-0.25, -0.2) is 8.78 Å². The minimum absolute atomic E-state index is 0.0792. The van der Waals surface area contributed by atoms with Gasteiger partial charge in [0.25, 0.3) is 5.91 Å². The lowest BCUT2D eigenvalue weighted by atomic mass is 10.2. The Morgan fingerprint density at radius 3 is 2.33 bits per heavy atom. The van der Waals surface area contributed by atoms with E-state index in [2.05, 4.69) is 0 Å². The number of amides is 1. The molecule has 0 heterocycles. The Balaban J connectivity index is 2.78. The van der Waals surface area contributed by atoms with Crippen LogP contribution in [0.25, 0.3) is 0 Å². The predicted octanol–water partition coefficient (Wildman–Crippen LogP) is 2.35. The van der Waals surface area contributed by atoms with Gasteiger partial charge in [0.2, 0.25) is 0 Å². The molecule has 1 N–H and O–H groups in total. The molecule has 0 fully saturated rings. The van der Waals surface area contributed by atoms with Crippen molar-refractivity contribution in [1.29, 1.82) is 0 Å². The van der Waals surface area contributed by atoms with E-state index in [4.69, 9.17) is 4.74 Å². The SMILES string of the molecule is CC(O)CN(C(=O)C(C)Oc1ccc(F)c(F)c1)C(C)C. The highest BCUT2D eigenvalue weighted by Gasteiger charge is 2.25. The van der Waals surface area contributed by atoms with E-state index >= 15 is 0 Å². The maximum Gasteiger partial charge on any atom is 0.263 e. The zero-order valence-corrected chi connectivity index (χ0v) is 12.6. The lowest BCUT2D eigenvalue weighted by Gasteiger charge is -2.30. The summed E-state index contributed by atoms with van der Waals surface area (Å²) in [6.45, 7) is 6.95. The number of hydrogen-bond donors (Lipinski definition) is 1. The molecule has 0 aliphatic carbocycles. The number of carbonyl (C=O) groups is 1. The lowest BCUT2D eigenvalue weighted by molar-refractivity contribution is -0.141. The smallest absolute Gasteiger partial charge is 0.263 e. The molecule has 4 nitrogen and oxygen atoms in total. The van der Waals surface area contributed by atoms with Crippen molar-refractivity contribution < 1.29 is 23.4 Å². The molecule has 1 aromatic carbocycles. The number of aliphatic hydroxyl groups is 1. The largest absolute Gasteiger partial charge is 0.481 e. The summed E-state index contributed by atoms with van der Waals surface area (Å²) in [6.07, 6.45) is -1.53. The van der Waals surface area contributed by atoms with Gasteiger partial charge in [0.1, 0.15) is 5.75 Å². The van der Waals surface area contributed by atoms with Gasteiger partial charge in [-0.2, -0.15) is 0 Å². The monoisotopic (exact) mass is 301 g/mol. The normalized spacial score (nSPS) is 13.9. The first-order valence-corrected chi connectivity index (χ1v) is 6.82. The Bertz CT molecular complexity index is 492. The van der Waals surface area contributed by atoms with Crippen molar-refractivity contribution in [3.8, 4) is 5.75 Å². The number of nitrogens with zero attached hydrogens (tertiary/aromatic N) is 1. The Morgan fingerprint density at radius 1 is 1.24 bits per heavy atom. The molecule has 0 spiro atoms. The lowest BCUT2D eigenvalue weighted by Crippen LogP contribution is -2.47. The van der Waals surface area contributed by atoms with Crippen LogP contribution in [0.2, 0.25) is 0 Å². The van der Waals surface area contributed by atoms with E-state index in [0.717, 1.165) is 12.1 Å². The second-order valence-electron chi connectivity index (χ2n) is 5.27. The van der Waals surface area contributed by atoms with Gasteiger partial charge in [-0.1, -0.05) is 0 Å². The van der Waals surface area contributed by atoms with Crippen LogP contribution in [0.1, 0.15) is 27.7 Å². The topological polar surface area (TPSA) is 49.8 Å². The molecule has 2 unspecified atom stereocenters. The third kappa shape index (κ3) is 4.97. The second-order valence-corrected chi connectivity index (χ2v) is 5.27. The number of benzene rings is 1. The molecule has 118 valence electrons. The summed E-state index contributed by atoms with van der Waals surface area (Å²) in [5.74, 6) is -2.25. The molecule has 0 saturated heterocycles. The number of hydrogen-bond acceptors (Lipinski definition) is 3. The molecular weight excluding hydrogens is 280 g/mol. The van der Waals surface area contributed by atoms with Crippen LogP contribution in [0.3, 0.4) is 0 Å². The van der Waals surface area contributed by atoms with Crippen LogP contribution in [0.5, 0.6) is 5.75 Å². The van der Waals surface area contributed by atoms with Crippen LogP contribution >= 0.6 is 0 Å². The Morgan fingerprint density at radius 2 is 1.86 bits per heavy atom. The fraction of sp³-hybridized carbons (Fsp3) is 0.533. The van der Waals surface area contributed by atoms with Crippen molar-refractivity contribution >= 4 is 5.91 Å². The molecule has 0 aliphatic heterocycles. The quantitative estimate of drug-likeness (QED) is 0.877. The van der Waals surface area contributed by atoms with Gasteiger partial charge in [-0.05, 0) is 39.8 Å². The summed E-state index contributed by atoms with van der Waals surface area (Å²) in [5, 5.41) is 9.43. The van der Waals surface area contributed by atoms with Crippen molar-refractivity contribution in [3.05, 3.63) is 29.8 Å². The summed E-state index contributed by atoms with van der Waals surface area (Å²) in [7, 11) is 0. The van der Waals surface area contributed by atoms with Crippen LogP contribution in [-0.2, 0) is 4.79 Å². The number of aliphatic hydroxyl groups excluding tert-OH is 1. The first kappa shape index (κ1) is 17.4. The summed E-state index contributed by atoms with van der Waals surface area (Å²) in [6, 6.07) is 2.99. The first-order valence-electron chi connectivity index (χ1n) is 6.82. The van der Waals surface area contributed by atoms with Gasteiger partial charge in [0, 0.05) is 18.7 Å².